The lowest BCUT2D eigenvalue weighted by Gasteiger charge is -2.12. The molecule has 36 heavy (non-hydrogen) atoms. The second-order valence-corrected chi connectivity index (χ2v) is 12.2. The Hall–Kier alpha value is -3.04. The predicted molar refractivity (Wildman–Crippen MR) is 148 cm³/mol. The van der Waals surface area contributed by atoms with Crippen LogP contribution in [0.3, 0.4) is 0 Å². The molecule has 4 nitrogen and oxygen atoms in total. The number of nitrogens with zero attached hydrogens (tertiary/aromatic N) is 4. The minimum absolute atomic E-state index is 0.736. The lowest BCUT2D eigenvalue weighted by atomic mass is 10.2. The monoisotopic (exact) mass is 536 g/mol. The molecule has 172 valence electrons. The summed E-state index contributed by atoms with van der Waals surface area (Å²) < 4.78 is 0. The summed E-state index contributed by atoms with van der Waals surface area (Å²) in [4.78, 5) is 24.1. The first-order valence-electron chi connectivity index (χ1n) is 11.2. The number of hydrogen-bond acceptors (Lipinski definition) is 8. The molecule has 0 fully saturated rings. The first kappa shape index (κ1) is 22.2. The SMILES string of the molecule is c1cc2cc(c1)Sc1nc(c3ccccc3n1)Sc1cccc(c1)Sc1nc(nc3ccccc13)S2. The summed E-state index contributed by atoms with van der Waals surface area (Å²) in [7, 11) is 0. The van der Waals surface area contributed by atoms with Gasteiger partial charge in [-0.1, -0.05) is 72.1 Å². The molecule has 4 aromatic carbocycles. The van der Waals surface area contributed by atoms with Crippen molar-refractivity contribution in [1.29, 1.82) is 0 Å². The fourth-order valence-electron chi connectivity index (χ4n) is 3.94. The third-order valence-electron chi connectivity index (χ3n) is 5.55. The molecule has 6 aromatic rings. The smallest absolute Gasteiger partial charge is 0.194 e. The van der Waals surface area contributed by atoms with E-state index in [9.17, 15) is 0 Å². The van der Waals surface area contributed by atoms with E-state index in [-0.39, 0.29) is 0 Å². The zero-order valence-electron chi connectivity index (χ0n) is 18.7. The van der Waals surface area contributed by atoms with Gasteiger partial charge >= 0.3 is 0 Å². The third kappa shape index (κ3) is 4.46. The van der Waals surface area contributed by atoms with Crippen LogP contribution in [-0.2, 0) is 0 Å². The summed E-state index contributed by atoms with van der Waals surface area (Å²) >= 11 is 6.49. The van der Waals surface area contributed by atoms with Crippen molar-refractivity contribution in [1.82, 2.24) is 19.9 Å². The second kappa shape index (κ2) is 9.44. The van der Waals surface area contributed by atoms with E-state index < -0.39 is 0 Å². The molecule has 1 aliphatic heterocycles. The minimum Gasteiger partial charge on any atom is -0.222 e. The number of benzene rings is 4. The van der Waals surface area contributed by atoms with Crippen LogP contribution in [0.25, 0.3) is 21.8 Å². The van der Waals surface area contributed by atoms with Crippen LogP contribution in [0.15, 0.2) is 137 Å². The fourth-order valence-corrected chi connectivity index (χ4v) is 7.79. The van der Waals surface area contributed by atoms with Crippen LogP contribution in [-0.4, -0.2) is 19.9 Å². The van der Waals surface area contributed by atoms with Crippen LogP contribution in [0, 0.1) is 0 Å². The van der Waals surface area contributed by atoms with Gasteiger partial charge in [-0.15, -0.1) is 0 Å². The molecular formula is C28H16N4S4. The van der Waals surface area contributed by atoms with E-state index >= 15 is 0 Å². The summed E-state index contributed by atoms with van der Waals surface area (Å²) in [6, 6.07) is 33.4. The van der Waals surface area contributed by atoms with E-state index in [4.69, 9.17) is 19.9 Å². The van der Waals surface area contributed by atoms with Gasteiger partial charge in [0.15, 0.2) is 10.3 Å². The maximum Gasteiger partial charge on any atom is 0.194 e. The normalized spacial score (nSPS) is 13.1. The van der Waals surface area contributed by atoms with Gasteiger partial charge in [-0.05, 0) is 72.1 Å². The lowest BCUT2D eigenvalue weighted by molar-refractivity contribution is 0.927. The highest BCUT2D eigenvalue weighted by Crippen LogP contribution is 2.40. The number of aromatic nitrogens is 4. The molecule has 2 aromatic heterocycles. The van der Waals surface area contributed by atoms with Gasteiger partial charge in [0.1, 0.15) is 10.1 Å². The summed E-state index contributed by atoms with van der Waals surface area (Å²) in [5.41, 5.74) is 1.90. The van der Waals surface area contributed by atoms with Crippen LogP contribution < -0.4 is 0 Å². The van der Waals surface area contributed by atoms with Gasteiger partial charge in [0.05, 0.1) is 11.0 Å². The molecule has 0 saturated carbocycles. The molecule has 7 rings (SSSR count). The molecule has 0 unspecified atom stereocenters. The molecule has 8 heteroatoms. The van der Waals surface area contributed by atoms with Crippen molar-refractivity contribution >= 4 is 68.9 Å². The predicted octanol–water partition coefficient (Wildman–Crippen LogP) is 8.49. The Balaban J connectivity index is 1.43. The van der Waals surface area contributed by atoms with Crippen molar-refractivity contribution in [3.05, 3.63) is 97.1 Å². The van der Waals surface area contributed by atoms with E-state index in [1.54, 1.807) is 47.0 Å². The minimum atomic E-state index is 0.736. The summed E-state index contributed by atoms with van der Waals surface area (Å²) in [6.45, 7) is 0. The van der Waals surface area contributed by atoms with Crippen molar-refractivity contribution in [2.45, 2.75) is 39.9 Å². The zero-order valence-corrected chi connectivity index (χ0v) is 21.9. The topological polar surface area (TPSA) is 51.6 Å². The first-order valence-corrected chi connectivity index (χ1v) is 14.5. The molecule has 0 spiro atoms. The Labute approximate surface area is 224 Å². The van der Waals surface area contributed by atoms with E-state index in [0.717, 1.165) is 61.8 Å². The standard InChI is InChI=1S/C28H16N4S4/c1-3-13-23-21(11-1)25-31-27(29-23)35-19-9-6-10-20(16-19)36-28-30-24-14-4-2-12-22(24)26(32-28)34-18-8-5-7-17(15-18)33-25/h1-16H. The van der Waals surface area contributed by atoms with Crippen molar-refractivity contribution in [2.75, 3.05) is 0 Å². The first-order chi connectivity index (χ1) is 17.8. The van der Waals surface area contributed by atoms with Crippen LogP contribution in [0.1, 0.15) is 0 Å². The van der Waals surface area contributed by atoms with Crippen LogP contribution in [0.5, 0.6) is 0 Å². The van der Waals surface area contributed by atoms with Gasteiger partial charge in [0, 0.05) is 30.4 Å². The van der Waals surface area contributed by atoms with E-state index in [2.05, 4.69) is 72.8 Å². The number of para-hydroxylation sites is 2. The van der Waals surface area contributed by atoms with Gasteiger partial charge in [-0.2, -0.15) is 0 Å². The summed E-state index contributed by atoms with van der Waals surface area (Å²) in [5.74, 6) is 0. The van der Waals surface area contributed by atoms with Crippen LogP contribution in [0.4, 0.5) is 0 Å². The number of rotatable bonds is 0. The van der Waals surface area contributed by atoms with E-state index in [0.29, 0.717) is 0 Å². The average molecular weight is 537 g/mol. The highest BCUT2D eigenvalue weighted by Gasteiger charge is 2.15. The van der Waals surface area contributed by atoms with Crippen LogP contribution in [0.2, 0.25) is 0 Å². The fraction of sp³-hybridized carbons (Fsp3) is 0. The molecule has 0 atom stereocenters. The van der Waals surface area contributed by atoms with Gasteiger partial charge in [0.25, 0.3) is 0 Å². The Bertz CT molecular complexity index is 1650. The van der Waals surface area contributed by atoms with E-state index in [1.807, 2.05) is 24.3 Å². The molecular weight excluding hydrogens is 521 g/mol. The Kier molecular flexibility index (Phi) is 5.82. The lowest BCUT2D eigenvalue weighted by Crippen LogP contribution is -1.94. The van der Waals surface area contributed by atoms with Crippen LogP contribution >= 0.6 is 47.0 Å². The highest BCUT2D eigenvalue weighted by molar-refractivity contribution is 8.01. The molecule has 1 aliphatic rings. The molecule has 0 aliphatic carbocycles. The maximum absolute atomic E-state index is 4.98. The van der Waals surface area contributed by atoms with Gasteiger partial charge < -0.3 is 0 Å². The zero-order chi connectivity index (χ0) is 23.9. The largest absolute Gasteiger partial charge is 0.222 e. The molecule has 0 N–H and O–H groups in total. The molecule has 0 saturated heterocycles. The highest BCUT2D eigenvalue weighted by atomic mass is 32.2. The number of hydrogen-bond donors (Lipinski definition) is 0. The number of fused-ring (bicyclic) bond motifs is 12. The molecule has 8 bridgehead atoms. The summed E-state index contributed by atoms with van der Waals surface area (Å²) in [5, 5.41) is 5.50. The molecule has 0 radical (unpaired) electrons. The maximum atomic E-state index is 4.98. The van der Waals surface area contributed by atoms with Gasteiger partial charge in [-0.25, -0.2) is 19.9 Å². The quantitative estimate of drug-likeness (QED) is 0.141. The van der Waals surface area contributed by atoms with Crippen molar-refractivity contribution < 1.29 is 0 Å². The Morgan fingerprint density at radius 1 is 0.389 bits per heavy atom. The average Bonchev–Trinajstić information content (AvgIpc) is 2.89. The van der Waals surface area contributed by atoms with Crippen molar-refractivity contribution in [3.8, 4) is 0 Å². The van der Waals surface area contributed by atoms with Crippen molar-refractivity contribution in [3.63, 3.8) is 0 Å². The van der Waals surface area contributed by atoms with Gasteiger partial charge in [-0.3, -0.25) is 0 Å². The van der Waals surface area contributed by atoms with Crippen molar-refractivity contribution in [2.24, 2.45) is 0 Å². The molecule has 0 amide bonds. The third-order valence-corrected chi connectivity index (χ3v) is 9.25. The van der Waals surface area contributed by atoms with E-state index in [1.165, 1.54) is 0 Å². The molecule has 3 heterocycles. The van der Waals surface area contributed by atoms with Gasteiger partial charge in [0.2, 0.25) is 0 Å². The Morgan fingerprint density at radius 3 is 1.28 bits per heavy atom. The Morgan fingerprint density at radius 2 is 0.806 bits per heavy atom. The second-order valence-electron chi connectivity index (χ2n) is 8.01. The summed E-state index contributed by atoms with van der Waals surface area (Å²) in [6.07, 6.45) is 0.